The fourth-order valence-electron chi connectivity index (χ4n) is 2.96. The number of ether oxygens (including phenoxy) is 2. The third kappa shape index (κ3) is 3.45. The first-order chi connectivity index (χ1) is 12.5. The van der Waals surface area contributed by atoms with Crippen LogP contribution in [-0.4, -0.2) is 34.9 Å². The second-order valence-corrected chi connectivity index (χ2v) is 5.91. The third-order valence-corrected chi connectivity index (χ3v) is 4.28. The van der Waals surface area contributed by atoms with Crippen LogP contribution in [0.2, 0.25) is 0 Å². The molecule has 1 aliphatic rings. The van der Waals surface area contributed by atoms with Crippen LogP contribution in [0.4, 0.5) is 4.39 Å². The van der Waals surface area contributed by atoms with Crippen molar-refractivity contribution < 1.29 is 18.7 Å². The lowest BCUT2D eigenvalue weighted by Gasteiger charge is -2.25. The molecule has 8 heteroatoms. The van der Waals surface area contributed by atoms with E-state index in [0.717, 1.165) is 16.7 Å². The van der Waals surface area contributed by atoms with Gasteiger partial charge in [0.1, 0.15) is 11.4 Å². The minimum Gasteiger partial charge on any atom is -0.462 e. The van der Waals surface area contributed by atoms with Gasteiger partial charge in [-0.1, -0.05) is 0 Å². The topological polar surface area (TPSA) is 79.5 Å². The number of benzene rings is 1. The summed E-state index contributed by atoms with van der Waals surface area (Å²) in [5.41, 5.74) is -1.42. The monoisotopic (exact) mass is 362 g/mol. The highest BCUT2D eigenvalue weighted by atomic mass is 19.1. The molecule has 2 aromatic rings. The molecule has 0 aliphatic carbocycles. The highest BCUT2D eigenvalue weighted by Gasteiger charge is 2.24. The van der Waals surface area contributed by atoms with Crippen LogP contribution in [0.15, 0.2) is 40.1 Å². The molecule has 1 fully saturated rings. The van der Waals surface area contributed by atoms with Gasteiger partial charge in [-0.15, -0.1) is 0 Å². The summed E-state index contributed by atoms with van der Waals surface area (Å²) in [6, 6.07) is 4.74. The maximum absolute atomic E-state index is 13.2. The Bertz CT molecular complexity index is 911. The molecule has 0 amide bonds. The first kappa shape index (κ1) is 18.1. The largest absolute Gasteiger partial charge is 0.462 e. The molecule has 7 nitrogen and oxygen atoms in total. The SMILES string of the molecule is CCOC(=O)c1cn(C2CCOCC2)c(=O)n(-c2ccc(F)cc2)c1=O. The second-order valence-electron chi connectivity index (χ2n) is 5.91. The smallest absolute Gasteiger partial charge is 0.345 e. The van der Waals surface area contributed by atoms with Gasteiger partial charge in [0.05, 0.1) is 12.3 Å². The standard InChI is InChI=1S/C18H19FN2O5/c1-2-26-17(23)15-11-20(13-7-9-25-10-8-13)18(24)21(16(15)22)14-5-3-12(19)4-6-14/h3-6,11,13H,2,7-10H2,1H3. The van der Waals surface area contributed by atoms with Crippen molar-refractivity contribution in [1.82, 2.24) is 9.13 Å². The van der Waals surface area contributed by atoms with Crippen LogP contribution in [0.25, 0.3) is 5.69 Å². The number of rotatable bonds is 4. The summed E-state index contributed by atoms with van der Waals surface area (Å²) in [4.78, 5) is 37.9. The van der Waals surface area contributed by atoms with E-state index in [1.807, 2.05) is 0 Å². The Balaban J connectivity index is 2.22. The molecule has 0 radical (unpaired) electrons. The van der Waals surface area contributed by atoms with Crippen molar-refractivity contribution >= 4 is 5.97 Å². The molecule has 1 aromatic heterocycles. The van der Waals surface area contributed by atoms with Crippen molar-refractivity contribution in [3.63, 3.8) is 0 Å². The molecule has 0 atom stereocenters. The van der Waals surface area contributed by atoms with Crippen LogP contribution in [0.3, 0.4) is 0 Å². The summed E-state index contributed by atoms with van der Waals surface area (Å²) in [5, 5.41) is 0. The van der Waals surface area contributed by atoms with Crippen LogP contribution in [0, 0.1) is 5.82 Å². The van der Waals surface area contributed by atoms with Gasteiger partial charge in [0.25, 0.3) is 5.56 Å². The number of carbonyl (C=O) groups is 1. The number of aromatic nitrogens is 2. The number of hydrogen-bond donors (Lipinski definition) is 0. The van der Waals surface area contributed by atoms with Gasteiger partial charge in [-0.2, -0.15) is 0 Å². The van der Waals surface area contributed by atoms with Gasteiger partial charge in [-0.3, -0.25) is 9.36 Å². The van der Waals surface area contributed by atoms with Gasteiger partial charge in [-0.25, -0.2) is 18.5 Å². The Morgan fingerprint density at radius 1 is 1.23 bits per heavy atom. The summed E-state index contributed by atoms with van der Waals surface area (Å²) in [6.07, 6.45) is 2.44. The van der Waals surface area contributed by atoms with Gasteiger partial charge < -0.3 is 9.47 Å². The summed E-state index contributed by atoms with van der Waals surface area (Å²) >= 11 is 0. The highest BCUT2D eigenvalue weighted by Crippen LogP contribution is 2.19. The number of carbonyl (C=O) groups excluding carboxylic acids is 1. The Morgan fingerprint density at radius 2 is 1.88 bits per heavy atom. The normalized spacial score (nSPS) is 15.0. The Kier molecular flexibility index (Phi) is 5.32. The predicted molar refractivity (Wildman–Crippen MR) is 91.3 cm³/mol. The van der Waals surface area contributed by atoms with Crippen LogP contribution in [0.1, 0.15) is 36.2 Å². The van der Waals surface area contributed by atoms with Crippen molar-refractivity contribution in [2.45, 2.75) is 25.8 Å². The minimum absolute atomic E-state index is 0.102. The maximum atomic E-state index is 13.2. The number of esters is 1. The molecule has 1 saturated heterocycles. The molecule has 0 N–H and O–H groups in total. The second kappa shape index (κ2) is 7.65. The van der Waals surface area contributed by atoms with Crippen LogP contribution < -0.4 is 11.2 Å². The molecule has 26 heavy (non-hydrogen) atoms. The maximum Gasteiger partial charge on any atom is 0.345 e. The zero-order valence-electron chi connectivity index (χ0n) is 14.3. The molecule has 0 unspecified atom stereocenters. The van der Waals surface area contributed by atoms with Gasteiger partial charge in [0.15, 0.2) is 0 Å². The first-order valence-corrected chi connectivity index (χ1v) is 8.42. The molecule has 2 heterocycles. The van der Waals surface area contributed by atoms with Crippen molar-refractivity contribution in [2.24, 2.45) is 0 Å². The van der Waals surface area contributed by atoms with Crippen LogP contribution >= 0.6 is 0 Å². The Labute approximate surface area is 148 Å². The average molecular weight is 362 g/mol. The van der Waals surface area contributed by atoms with Crippen molar-refractivity contribution in [3.05, 3.63) is 62.7 Å². The molecule has 1 aliphatic heterocycles. The lowest BCUT2D eigenvalue weighted by molar-refractivity contribution is 0.0518. The van der Waals surface area contributed by atoms with Gasteiger partial charge in [-0.05, 0) is 44.0 Å². The Hall–Kier alpha value is -2.74. The number of hydrogen-bond acceptors (Lipinski definition) is 5. The van der Waals surface area contributed by atoms with E-state index in [4.69, 9.17) is 9.47 Å². The van der Waals surface area contributed by atoms with Gasteiger partial charge in [0.2, 0.25) is 0 Å². The van der Waals surface area contributed by atoms with E-state index in [1.54, 1.807) is 6.92 Å². The molecule has 138 valence electrons. The van der Waals surface area contributed by atoms with Crippen molar-refractivity contribution in [3.8, 4) is 5.69 Å². The summed E-state index contributed by atoms with van der Waals surface area (Å²) in [5.74, 6) is -1.29. The van der Waals surface area contributed by atoms with Crippen LogP contribution in [0.5, 0.6) is 0 Å². The average Bonchev–Trinajstić information content (AvgIpc) is 2.64. The molecule has 3 rings (SSSR count). The predicted octanol–water partition coefficient (Wildman–Crippen LogP) is 1.67. The number of halogens is 1. The van der Waals surface area contributed by atoms with E-state index in [9.17, 15) is 18.8 Å². The lowest BCUT2D eigenvalue weighted by Crippen LogP contribution is -2.43. The lowest BCUT2D eigenvalue weighted by atomic mass is 10.1. The molecule has 0 spiro atoms. The fourth-order valence-corrected chi connectivity index (χ4v) is 2.96. The molecular weight excluding hydrogens is 343 g/mol. The fraction of sp³-hybridized carbons (Fsp3) is 0.389. The van der Waals surface area contributed by atoms with Gasteiger partial charge >= 0.3 is 11.7 Å². The minimum atomic E-state index is -0.797. The van der Waals surface area contributed by atoms with Crippen molar-refractivity contribution in [2.75, 3.05) is 19.8 Å². The van der Waals surface area contributed by atoms with E-state index < -0.39 is 23.0 Å². The van der Waals surface area contributed by atoms with E-state index in [-0.39, 0.29) is 23.9 Å². The van der Waals surface area contributed by atoms with E-state index >= 15 is 0 Å². The quantitative estimate of drug-likeness (QED) is 0.773. The van der Waals surface area contributed by atoms with E-state index in [2.05, 4.69) is 0 Å². The summed E-state index contributed by atoms with van der Waals surface area (Å²) < 4.78 is 25.7. The number of nitrogens with zero attached hydrogens (tertiary/aromatic N) is 2. The van der Waals surface area contributed by atoms with Crippen molar-refractivity contribution in [1.29, 1.82) is 0 Å². The van der Waals surface area contributed by atoms with Gasteiger partial charge in [0, 0.05) is 25.5 Å². The summed E-state index contributed by atoms with van der Waals surface area (Å²) in [7, 11) is 0. The zero-order valence-corrected chi connectivity index (χ0v) is 14.3. The molecule has 0 saturated carbocycles. The van der Waals surface area contributed by atoms with Crippen LogP contribution in [-0.2, 0) is 9.47 Å². The zero-order chi connectivity index (χ0) is 18.7. The first-order valence-electron chi connectivity index (χ1n) is 8.42. The molecule has 0 bridgehead atoms. The Morgan fingerprint density at radius 3 is 2.50 bits per heavy atom. The third-order valence-electron chi connectivity index (χ3n) is 4.28. The molecule has 1 aromatic carbocycles. The summed E-state index contributed by atoms with van der Waals surface area (Å²) in [6.45, 7) is 2.71. The van der Waals surface area contributed by atoms with E-state index in [0.29, 0.717) is 26.1 Å². The molecular formula is C18H19FN2O5. The highest BCUT2D eigenvalue weighted by molar-refractivity contribution is 5.88. The van der Waals surface area contributed by atoms with E-state index in [1.165, 1.54) is 22.9 Å².